The Morgan fingerprint density at radius 3 is 2.62 bits per heavy atom. The number of aromatic nitrogens is 1. The third-order valence-electron chi connectivity index (χ3n) is 3.15. The van der Waals surface area contributed by atoms with Gasteiger partial charge >= 0.3 is 6.03 Å². The van der Waals surface area contributed by atoms with Crippen molar-refractivity contribution in [2.45, 2.75) is 6.42 Å². The minimum atomic E-state index is -0.316. The van der Waals surface area contributed by atoms with E-state index in [-0.39, 0.29) is 11.8 Å². The number of benzene rings is 1. The number of halogens is 3. The number of pyridine rings is 1. The number of amides is 2. The van der Waals surface area contributed by atoms with Crippen LogP contribution in [-0.4, -0.2) is 30.6 Å². The first kappa shape index (κ1) is 18.3. The Hall–Kier alpha value is -2.05. The number of urea groups is 1. The highest BCUT2D eigenvalue weighted by Crippen LogP contribution is 2.21. The topological polar surface area (TPSA) is 66.0 Å². The second-order valence-corrected chi connectivity index (χ2v) is 5.78. The second-order valence-electron chi connectivity index (χ2n) is 4.93. The summed E-state index contributed by atoms with van der Waals surface area (Å²) >= 11 is 11.7. The van der Waals surface area contributed by atoms with Gasteiger partial charge < -0.3 is 16.0 Å². The molecule has 5 nitrogen and oxygen atoms in total. The summed E-state index contributed by atoms with van der Waals surface area (Å²) < 4.78 is 13.4. The highest BCUT2D eigenvalue weighted by Gasteiger charge is 2.04. The predicted molar refractivity (Wildman–Crippen MR) is 94.3 cm³/mol. The molecular formula is C16H17Cl2FN4O. The van der Waals surface area contributed by atoms with E-state index in [1.165, 1.54) is 12.3 Å². The number of nitrogens with one attached hydrogen (secondary N) is 3. The first-order valence-corrected chi connectivity index (χ1v) is 8.12. The van der Waals surface area contributed by atoms with Gasteiger partial charge in [-0.2, -0.15) is 0 Å². The summed E-state index contributed by atoms with van der Waals surface area (Å²) in [5, 5.41) is 9.21. The van der Waals surface area contributed by atoms with Gasteiger partial charge in [0, 0.05) is 25.8 Å². The van der Waals surface area contributed by atoms with E-state index in [4.69, 9.17) is 23.2 Å². The minimum Gasteiger partial charge on any atom is -0.367 e. The average Bonchev–Trinajstić information content (AvgIpc) is 2.55. The van der Waals surface area contributed by atoms with Gasteiger partial charge in [-0.15, -0.1) is 0 Å². The first-order valence-electron chi connectivity index (χ1n) is 7.36. The molecule has 2 aromatic rings. The van der Waals surface area contributed by atoms with Crippen LogP contribution in [-0.2, 0) is 6.42 Å². The van der Waals surface area contributed by atoms with Crippen LogP contribution in [0.25, 0.3) is 0 Å². The van der Waals surface area contributed by atoms with Crippen molar-refractivity contribution >= 4 is 35.1 Å². The van der Waals surface area contributed by atoms with Crippen LogP contribution in [0.2, 0.25) is 10.0 Å². The van der Waals surface area contributed by atoms with Gasteiger partial charge in [-0.3, -0.25) is 0 Å². The molecule has 0 radical (unpaired) electrons. The molecule has 0 unspecified atom stereocenters. The van der Waals surface area contributed by atoms with Crippen LogP contribution < -0.4 is 16.0 Å². The third-order valence-corrected chi connectivity index (χ3v) is 3.64. The molecule has 0 saturated carbocycles. The van der Waals surface area contributed by atoms with E-state index in [9.17, 15) is 9.18 Å². The number of anilines is 1. The average molecular weight is 371 g/mol. The SMILES string of the molecule is O=C(NCCNc1ncc(Cl)cc1Cl)NCCc1ccccc1F. The van der Waals surface area contributed by atoms with E-state index >= 15 is 0 Å². The molecule has 2 rings (SSSR count). The molecule has 0 bridgehead atoms. The Bertz CT molecular complexity index is 700. The molecule has 1 heterocycles. The zero-order valence-corrected chi connectivity index (χ0v) is 14.3. The Balaban J connectivity index is 1.62. The second kappa shape index (κ2) is 9.30. The van der Waals surface area contributed by atoms with Crippen molar-refractivity contribution in [2.24, 2.45) is 0 Å². The summed E-state index contributed by atoms with van der Waals surface area (Å²) in [6.07, 6.45) is 1.92. The Morgan fingerprint density at radius 2 is 1.88 bits per heavy atom. The van der Waals surface area contributed by atoms with E-state index in [0.717, 1.165) is 0 Å². The lowest BCUT2D eigenvalue weighted by atomic mass is 10.1. The standard InChI is InChI=1S/C16H17Cl2FN4O/c17-12-9-13(18)15(23-10-12)20-7-8-22-16(24)21-6-5-11-3-1-2-4-14(11)19/h1-4,9-10H,5-8H2,(H,20,23)(H2,21,22,24). The summed E-state index contributed by atoms with van der Waals surface area (Å²) in [7, 11) is 0. The highest BCUT2D eigenvalue weighted by molar-refractivity contribution is 6.35. The quantitative estimate of drug-likeness (QED) is 0.653. The first-order chi connectivity index (χ1) is 11.6. The van der Waals surface area contributed by atoms with Crippen LogP contribution in [0, 0.1) is 5.82 Å². The summed E-state index contributed by atoms with van der Waals surface area (Å²) in [6.45, 7) is 1.19. The fourth-order valence-corrected chi connectivity index (χ4v) is 2.42. The maximum atomic E-state index is 13.4. The van der Waals surface area contributed by atoms with Gasteiger partial charge in [-0.25, -0.2) is 14.2 Å². The van der Waals surface area contributed by atoms with Crippen LogP contribution >= 0.6 is 23.2 Å². The number of carbonyl (C=O) groups is 1. The van der Waals surface area contributed by atoms with Crippen LogP contribution in [0.3, 0.4) is 0 Å². The molecule has 8 heteroatoms. The van der Waals surface area contributed by atoms with E-state index in [0.29, 0.717) is 47.5 Å². The summed E-state index contributed by atoms with van der Waals surface area (Å²) in [5.41, 5.74) is 0.572. The molecule has 0 aliphatic carbocycles. The molecule has 0 saturated heterocycles. The summed E-state index contributed by atoms with van der Waals surface area (Å²) in [6, 6.07) is 7.76. The minimum absolute atomic E-state index is 0.267. The summed E-state index contributed by atoms with van der Waals surface area (Å²) in [4.78, 5) is 15.7. The molecule has 0 spiro atoms. The van der Waals surface area contributed by atoms with E-state index < -0.39 is 0 Å². The van der Waals surface area contributed by atoms with Crippen molar-refractivity contribution in [2.75, 3.05) is 25.0 Å². The number of rotatable bonds is 7. The smallest absolute Gasteiger partial charge is 0.314 e. The van der Waals surface area contributed by atoms with E-state index in [2.05, 4.69) is 20.9 Å². The highest BCUT2D eigenvalue weighted by atomic mass is 35.5. The van der Waals surface area contributed by atoms with Crippen molar-refractivity contribution in [1.29, 1.82) is 0 Å². The fraction of sp³-hybridized carbons (Fsp3) is 0.250. The van der Waals surface area contributed by atoms with Gasteiger partial charge in [-0.1, -0.05) is 41.4 Å². The monoisotopic (exact) mass is 370 g/mol. The molecule has 2 amide bonds. The molecule has 0 aliphatic heterocycles. The molecule has 1 aromatic carbocycles. The molecule has 0 aliphatic rings. The Kier molecular flexibility index (Phi) is 7.08. The Morgan fingerprint density at radius 1 is 1.12 bits per heavy atom. The lowest BCUT2D eigenvalue weighted by Crippen LogP contribution is -2.38. The van der Waals surface area contributed by atoms with Crippen molar-refractivity contribution < 1.29 is 9.18 Å². The van der Waals surface area contributed by atoms with Gasteiger partial charge in [0.15, 0.2) is 0 Å². The summed E-state index contributed by atoms with van der Waals surface area (Å²) in [5.74, 6) is 0.235. The molecular weight excluding hydrogens is 354 g/mol. The van der Waals surface area contributed by atoms with Gasteiger partial charge in [0.05, 0.1) is 10.0 Å². The van der Waals surface area contributed by atoms with Crippen LogP contribution in [0.1, 0.15) is 5.56 Å². The van der Waals surface area contributed by atoms with Crippen molar-refractivity contribution in [3.63, 3.8) is 0 Å². The van der Waals surface area contributed by atoms with Gasteiger partial charge in [0.25, 0.3) is 0 Å². The Labute approximate surface area is 149 Å². The molecule has 24 heavy (non-hydrogen) atoms. The predicted octanol–water partition coefficient (Wildman–Crippen LogP) is 3.48. The molecule has 0 fully saturated rings. The molecule has 128 valence electrons. The zero-order chi connectivity index (χ0) is 17.4. The number of nitrogens with zero attached hydrogens (tertiary/aromatic N) is 1. The van der Waals surface area contributed by atoms with Crippen LogP contribution in [0.5, 0.6) is 0 Å². The fourth-order valence-electron chi connectivity index (χ4n) is 1.98. The molecule has 3 N–H and O–H groups in total. The van der Waals surface area contributed by atoms with Crippen molar-refractivity contribution in [3.8, 4) is 0 Å². The largest absolute Gasteiger partial charge is 0.367 e. The third kappa shape index (κ3) is 5.86. The normalized spacial score (nSPS) is 10.3. The van der Waals surface area contributed by atoms with Gasteiger partial charge in [0.1, 0.15) is 11.6 Å². The molecule has 0 atom stereocenters. The number of hydrogen-bond acceptors (Lipinski definition) is 3. The maximum absolute atomic E-state index is 13.4. The van der Waals surface area contributed by atoms with Crippen LogP contribution in [0.15, 0.2) is 36.5 Å². The van der Waals surface area contributed by atoms with E-state index in [1.54, 1.807) is 24.3 Å². The van der Waals surface area contributed by atoms with E-state index in [1.807, 2.05) is 0 Å². The van der Waals surface area contributed by atoms with Gasteiger partial charge in [0.2, 0.25) is 0 Å². The van der Waals surface area contributed by atoms with Gasteiger partial charge in [-0.05, 0) is 24.1 Å². The maximum Gasteiger partial charge on any atom is 0.314 e. The zero-order valence-electron chi connectivity index (χ0n) is 12.8. The molecule has 1 aromatic heterocycles. The lowest BCUT2D eigenvalue weighted by Gasteiger charge is -2.10. The number of hydrogen-bond donors (Lipinski definition) is 3. The van der Waals surface area contributed by atoms with Crippen molar-refractivity contribution in [3.05, 3.63) is 58.0 Å². The number of carbonyl (C=O) groups excluding carboxylic acids is 1. The lowest BCUT2D eigenvalue weighted by molar-refractivity contribution is 0.241. The van der Waals surface area contributed by atoms with Crippen molar-refractivity contribution in [1.82, 2.24) is 15.6 Å². The van der Waals surface area contributed by atoms with Crippen LogP contribution in [0.4, 0.5) is 15.0 Å².